The van der Waals surface area contributed by atoms with Gasteiger partial charge in [-0.2, -0.15) is 13.2 Å². The first-order valence-electron chi connectivity index (χ1n) is 7.57. The maximum Gasteiger partial charge on any atom is 0.393 e. The van der Waals surface area contributed by atoms with Crippen LogP contribution < -0.4 is 10.2 Å². The molecule has 1 heterocycles. The van der Waals surface area contributed by atoms with Gasteiger partial charge in [-0.25, -0.2) is 0 Å². The number of anilines is 1. The van der Waals surface area contributed by atoms with Crippen molar-refractivity contribution in [2.45, 2.75) is 38.9 Å². The summed E-state index contributed by atoms with van der Waals surface area (Å²) in [5.74, 6) is -1.21. The number of halogens is 3. The Morgan fingerprint density at radius 1 is 1.33 bits per heavy atom. The van der Waals surface area contributed by atoms with Gasteiger partial charge in [0.15, 0.2) is 0 Å². The average Bonchev–Trinajstić information content (AvgIpc) is 2.47. The molecule has 1 aromatic rings. The summed E-state index contributed by atoms with van der Waals surface area (Å²) in [6, 6.07) is 7.91. The van der Waals surface area contributed by atoms with Crippen LogP contribution in [0.5, 0.6) is 0 Å². The summed E-state index contributed by atoms with van der Waals surface area (Å²) in [4.78, 5) is 1.89. The molecule has 0 saturated carbocycles. The maximum absolute atomic E-state index is 13.0. The second kappa shape index (κ2) is 6.69. The highest BCUT2D eigenvalue weighted by Gasteiger charge is 2.42. The zero-order valence-corrected chi connectivity index (χ0v) is 12.6. The van der Waals surface area contributed by atoms with Crippen LogP contribution in [0.2, 0.25) is 0 Å². The molecule has 2 unspecified atom stereocenters. The molecule has 2 atom stereocenters. The number of nitrogens with zero attached hydrogens (tertiary/aromatic N) is 1. The van der Waals surface area contributed by atoms with Crippen LogP contribution in [-0.2, 0) is 0 Å². The monoisotopic (exact) mass is 300 g/mol. The van der Waals surface area contributed by atoms with Gasteiger partial charge >= 0.3 is 6.18 Å². The van der Waals surface area contributed by atoms with Crippen LogP contribution in [0, 0.1) is 5.92 Å². The highest BCUT2D eigenvalue weighted by atomic mass is 19.4. The minimum atomic E-state index is -4.10. The average molecular weight is 300 g/mol. The van der Waals surface area contributed by atoms with Crippen LogP contribution in [0.15, 0.2) is 24.3 Å². The Morgan fingerprint density at radius 3 is 2.71 bits per heavy atom. The van der Waals surface area contributed by atoms with E-state index < -0.39 is 12.1 Å². The number of piperidine rings is 1. The molecule has 5 heteroatoms. The van der Waals surface area contributed by atoms with Crippen molar-refractivity contribution in [1.29, 1.82) is 0 Å². The third-order valence-electron chi connectivity index (χ3n) is 4.14. The predicted molar refractivity (Wildman–Crippen MR) is 79.5 cm³/mol. The molecule has 0 aliphatic carbocycles. The number of benzene rings is 1. The van der Waals surface area contributed by atoms with Crippen molar-refractivity contribution in [1.82, 2.24) is 5.32 Å². The van der Waals surface area contributed by atoms with Crippen molar-refractivity contribution in [3.05, 3.63) is 29.8 Å². The van der Waals surface area contributed by atoms with Gasteiger partial charge in [0.1, 0.15) is 0 Å². The maximum atomic E-state index is 13.0. The zero-order valence-electron chi connectivity index (χ0n) is 12.6. The van der Waals surface area contributed by atoms with Gasteiger partial charge in [0.2, 0.25) is 0 Å². The van der Waals surface area contributed by atoms with Gasteiger partial charge < -0.3 is 10.2 Å². The summed E-state index contributed by atoms with van der Waals surface area (Å²) in [5, 5.41) is 3.33. The van der Waals surface area contributed by atoms with E-state index in [0.29, 0.717) is 13.0 Å². The fourth-order valence-electron chi connectivity index (χ4n) is 3.02. The molecule has 0 aromatic heterocycles. The predicted octanol–water partition coefficient (Wildman–Crippen LogP) is 4.14. The molecule has 21 heavy (non-hydrogen) atoms. The zero-order chi connectivity index (χ0) is 15.5. The fourth-order valence-corrected chi connectivity index (χ4v) is 3.02. The lowest BCUT2D eigenvalue weighted by molar-refractivity contribution is -0.176. The highest BCUT2D eigenvalue weighted by molar-refractivity contribution is 5.55. The number of hydrogen-bond donors (Lipinski definition) is 1. The van der Waals surface area contributed by atoms with E-state index in [1.807, 2.05) is 43.0 Å². The molecule has 1 saturated heterocycles. The molecular formula is C16H23F3N2. The summed E-state index contributed by atoms with van der Waals surface area (Å²) in [5.41, 5.74) is 2.00. The minimum absolute atomic E-state index is 0.0688. The largest absolute Gasteiger partial charge is 0.393 e. The summed E-state index contributed by atoms with van der Waals surface area (Å²) >= 11 is 0. The summed E-state index contributed by atoms with van der Waals surface area (Å²) in [6.45, 7) is 5.68. The first kappa shape index (κ1) is 16.1. The second-order valence-corrected chi connectivity index (χ2v) is 5.66. The molecule has 1 fully saturated rings. The molecule has 0 radical (unpaired) electrons. The van der Waals surface area contributed by atoms with Crippen LogP contribution >= 0.6 is 0 Å². The Bertz CT molecular complexity index is 459. The van der Waals surface area contributed by atoms with E-state index in [2.05, 4.69) is 5.32 Å². The Hall–Kier alpha value is -1.23. The number of nitrogens with one attached hydrogen (secondary N) is 1. The minimum Gasteiger partial charge on any atom is -0.371 e. The third-order valence-corrected chi connectivity index (χ3v) is 4.14. The molecule has 0 bridgehead atoms. The van der Waals surface area contributed by atoms with Crippen molar-refractivity contribution in [3.63, 3.8) is 0 Å². The van der Waals surface area contributed by atoms with Crippen molar-refractivity contribution in [2.75, 3.05) is 24.5 Å². The second-order valence-electron chi connectivity index (χ2n) is 5.66. The number of hydrogen-bond acceptors (Lipinski definition) is 2. The van der Waals surface area contributed by atoms with Crippen molar-refractivity contribution < 1.29 is 13.2 Å². The first-order chi connectivity index (χ1) is 9.93. The molecule has 0 amide bonds. The smallest absolute Gasteiger partial charge is 0.371 e. The van der Waals surface area contributed by atoms with Crippen LogP contribution in [0.3, 0.4) is 0 Å². The van der Waals surface area contributed by atoms with Crippen LogP contribution in [0.25, 0.3) is 0 Å². The Morgan fingerprint density at radius 2 is 2.05 bits per heavy atom. The lowest BCUT2D eigenvalue weighted by atomic mass is 9.95. The number of alkyl halides is 3. The number of para-hydroxylation sites is 1. The third kappa shape index (κ3) is 3.90. The van der Waals surface area contributed by atoms with Gasteiger partial charge in [-0.3, -0.25) is 0 Å². The van der Waals surface area contributed by atoms with Crippen molar-refractivity contribution in [2.24, 2.45) is 5.92 Å². The first-order valence-corrected chi connectivity index (χ1v) is 7.57. The van der Waals surface area contributed by atoms with E-state index in [0.717, 1.165) is 17.8 Å². The van der Waals surface area contributed by atoms with E-state index in [4.69, 9.17) is 0 Å². The topological polar surface area (TPSA) is 15.3 Å². The van der Waals surface area contributed by atoms with E-state index in [9.17, 15) is 13.2 Å². The normalized spacial score (nSPS) is 21.4. The summed E-state index contributed by atoms with van der Waals surface area (Å²) in [6.07, 6.45) is -3.26. The van der Waals surface area contributed by atoms with Gasteiger partial charge in [0.25, 0.3) is 0 Å². The van der Waals surface area contributed by atoms with Crippen molar-refractivity contribution >= 4 is 5.69 Å². The molecule has 1 aliphatic heterocycles. The van der Waals surface area contributed by atoms with Gasteiger partial charge in [-0.15, -0.1) is 0 Å². The lowest BCUT2D eigenvalue weighted by Gasteiger charge is -2.37. The Kier molecular flexibility index (Phi) is 5.14. The molecule has 1 aromatic carbocycles. The fraction of sp³-hybridized carbons (Fsp3) is 0.625. The van der Waals surface area contributed by atoms with Crippen LogP contribution in [-0.4, -0.2) is 25.8 Å². The standard InChI is InChI=1S/C16H23F3N2/c1-3-20-12(2)14-8-4-5-9-15(14)21-10-6-7-13(11-21)16(17,18)19/h4-5,8-9,12-13,20H,3,6-7,10-11H2,1-2H3. The van der Waals surface area contributed by atoms with Gasteiger partial charge in [-0.05, 0) is 37.9 Å². The molecule has 1 N–H and O–H groups in total. The van der Waals surface area contributed by atoms with E-state index in [1.54, 1.807) is 0 Å². The van der Waals surface area contributed by atoms with E-state index >= 15 is 0 Å². The van der Waals surface area contributed by atoms with Gasteiger partial charge in [-0.1, -0.05) is 25.1 Å². The van der Waals surface area contributed by atoms with Crippen LogP contribution in [0.4, 0.5) is 18.9 Å². The SMILES string of the molecule is CCNC(C)c1ccccc1N1CCCC(C(F)(F)F)C1. The molecular weight excluding hydrogens is 277 g/mol. The van der Waals surface area contributed by atoms with Gasteiger partial charge in [0.05, 0.1) is 5.92 Å². The summed E-state index contributed by atoms with van der Waals surface area (Å²) in [7, 11) is 0. The molecule has 2 rings (SSSR count). The highest BCUT2D eigenvalue weighted by Crippen LogP contribution is 2.36. The Balaban J connectivity index is 2.21. The summed E-state index contributed by atoms with van der Waals surface area (Å²) < 4.78 is 38.9. The Labute approximate surface area is 124 Å². The van der Waals surface area contributed by atoms with Crippen molar-refractivity contribution in [3.8, 4) is 0 Å². The molecule has 2 nitrogen and oxygen atoms in total. The molecule has 118 valence electrons. The molecule has 0 spiro atoms. The van der Waals surface area contributed by atoms with E-state index in [1.165, 1.54) is 0 Å². The lowest BCUT2D eigenvalue weighted by Crippen LogP contribution is -2.42. The number of rotatable bonds is 4. The van der Waals surface area contributed by atoms with Gasteiger partial charge in [0, 0.05) is 24.8 Å². The molecule has 1 aliphatic rings. The van der Waals surface area contributed by atoms with Crippen LogP contribution in [0.1, 0.15) is 38.3 Å². The quantitative estimate of drug-likeness (QED) is 0.899. The van der Waals surface area contributed by atoms with E-state index in [-0.39, 0.29) is 19.0 Å².